The van der Waals surface area contributed by atoms with Gasteiger partial charge in [0.05, 0.1) is 5.69 Å². The predicted molar refractivity (Wildman–Crippen MR) is 126 cm³/mol. The van der Waals surface area contributed by atoms with Gasteiger partial charge in [0.2, 0.25) is 15.9 Å². The average molecular weight is 491 g/mol. The number of nitrogens with one attached hydrogen (secondary N) is 2. The Bertz CT molecular complexity index is 1270. The van der Waals surface area contributed by atoms with Gasteiger partial charge >= 0.3 is 0 Å². The van der Waals surface area contributed by atoms with Crippen molar-refractivity contribution in [2.45, 2.75) is 25.7 Å². The number of aromatic nitrogens is 1. The van der Waals surface area contributed by atoms with E-state index in [9.17, 15) is 22.4 Å². The minimum atomic E-state index is -4.06. The van der Waals surface area contributed by atoms with Gasteiger partial charge in [-0.2, -0.15) is 4.31 Å². The minimum Gasteiger partial charge on any atom is -0.326 e. The first-order valence-electron chi connectivity index (χ1n) is 10.1. The SMILES string of the molecule is CCN(CC)S(=O)(=O)c1cc(C(=O)Nc2nc(-c3ccc(NC(C)=O)cc3)cs2)ccc1F. The Morgan fingerprint density at radius 3 is 2.33 bits per heavy atom. The fraction of sp³-hybridized carbons (Fsp3) is 0.227. The Labute approximate surface area is 195 Å². The van der Waals surface area contributed by atoms with Crippen LogP contribution in [0.5, 0.6) is 0 Å². The number of nitrogens with zero attached hydrogens (tertiary/aromatic N) is 2. The van der Waals surface area contributed by atoms with Gasteiger partial charge in [-0.1, -0.05) is 26.0 Å². The van der Waals surface area contributed by atoms with Crippen LogP contribution in [0.15, 0.2) is 52.7 Å². The number of carbonyl (C=O) groups is 2. The predicted octanol–water partition coefficient (Wildman–Crippen LogP) is 4.19. The molecule has 0 bridgehead atoms. The number of benzene rings is 2. The molecule has 0 radical (unpaired) electrons. The first kappa shape index (κ1) is 24.5. The molecule has 0 aliphatic rings. The second-order valence-corrected chi connectivity index (χ2v) is 9.75. The molecule has 0 aliphatic carbocycles. The van der Waals surface area contributed by atoms with Gasteiger partial charge in [-0.05, 0) is 30.3 Å². The normalized spacial score (nSPS) is 11.4. The summed E-state index contributed by atoms with van der Waals surface area (Å²) in [5.41, 5.74) is 2.06. The molecule has 2 N–H and O–H groups in total. The Balaban J connectivity index is 1.79. The summed E-state index contributed by atoms with van der Waals surface area (Å²) in [5, 5.41) is 7.36. The zero-order valence-electron chi connectivity index (χ0n) is 18.3. The molecular weight excluding hydrogens is 467 g/mol. The van der Waals surface area contributed by atoms with Gasteiger partial charge in [0, 0.05) is 42.2 Å². The molecule has 0 spiro atoms. The van der Waals surface area contributed by atoms with Crippen LogP contribution >= 0.6 is 11.3 Å². The van der Waals surface area contributed by atoms with Crippen molar-refractivity contribution in [1.29, 1.82) is 0 Å². The van der Waals surface area contributed by atoms with Crippen LogP contribution in [0.25, 0.3) is 11.3 Å². The quantitative estimate of drug-likeness (QED) is 0.492. The van der Waals surface area contributed by atoms with Gasteiger partial charge in [0.15, 0.2) is 5.13 Å². The van der Waals surface area contributed by atoms with Crippen LogP contribution in [0.4, 0.5) is 15.2 Å². The average Bonchev–Trinajstić information content (AvgIpc) is 3.23. The number of amides is 2. The molecule has 0 aliphatic heterocycles. The standard InChI is InChI=1S/C22H23FN4O4S2/c1-4-27(5-2)33(30,31)20-12-16(8-11-18(20)23)21(29)26-22-25-19(13-32-22)15-6-9-17(10-7-15)24-14(3)28/h6-13H,4-5H2,1-3H3,(H,24,28)(H,25,26,29). The number of halogens is 1. The molecule has 3 aromatic rings. The summed E-state index contributed by atoms with van der Waals surface area (Å²) in [6.45, 7) is 5.10. The molecule has 33 heavy (non-hydrogen) atoms. The number of sulfonamides is 1. The van der Waals surface area contributed by atoms with E-state index in [4.69, 9.17) is 0 Å². The molecule has 0 saturated carbocycles. The summed E-state index contributed by atoms with van der Waals surface area (Å²) >= 11 is 1.19. The monoisotopic (exact) mass is 490 g/mol. The summed E-state index contributed by atoms with van der Waals surface area (Å²) in [7, 11) is -4.06. The first-order valence-corrected chi connectivity index (χ1v) is 12.4. The van der Waals surface area contributed by atoms with E-state index < -0.39 is 26.6 Å². The van der Waals surface area contributed by atoms with Crippen LogP contribution in [0, 0.1) is 5.82 Å². The maximum atomic E-state index is 14.3. The highest BCUT2D eigenvalue weighted by Gasteiger charge is 2.26. The van der Waals surface area contributed by atoms with Crippen molar-refractivity contribution in [3.63, 3.8) is 0 Å². The first-order chi connectivity index (χ1) is 15.6. The number of hydrogen-bond donors (Lipinski definition) is 2. The van der Waals surface area contributed by atoms with Crippen LogP contribution in [-0.2, 0) is 14.8 Å². The van der Waals surface area contributed by atoms with Gasteiger partial charge in [0.25, 0.3) is 5.91 Å². The molecule has 11 heteroatoms. The molecule has 8 nitrogen and oxygen atoms in total. The van der Waals surface area contributed by atoms with Crippen molar-refractivity contribution < 1.29 is 22.4 Å². The molecule has 2 amide bonds. The van der Waals surface area contributed by atoms with E-state index in [1.807, 2.05) is 0 Å². The van der Waals surface area contributed by atoms with Crippen LogP contribution in [0.1, 0.15) is 31.1 Å². The second kappa shape index (κ2) is 10.2. The second-order valence-electron chi connectivity index (χ2n) is 6.99. The van der Waals surface area contributed by atoms with E-state index in [-0.39, 0.29) is 24.6 Å². The van der Waals surface area contributed by atoms with E-state index in [0.717, 1.165) is 22.0 Å². The highest BCUT2D eigenvalue weighted by atomic mass is 32.2. The van der Waals surface area contributed by atoms with E-state index in [0.29, 0.717) is 16.5 Å². The third-order valence-electron chi connectivity index (χ3n) is 4.74. The maximum Gasteiger partial charge on any atom is 0.257 e. The molecule has 3 rings (SSSR count). The van der Waals surface area contributed by atoms with Gasteiger partial charge in [-0.25, -0.2) is 17.8 Å². The third kappa shape index (κ3) is 5.62. The number of carbonyl (C=O) groups excluding carboxylic acids is 2. The molecular formula is C22H23FN4O4S2. The number of anilines is 2. The van der Waals surface area contributed by atoms with Gasteiger partial charge < -0.3 is 5.32 Å². The van der Waals surface area contributed by atoms with Crippen molar-refractivity contribution in [1.82, 2.24) is 9.29 Å². The lowest BCUT2D eigenvalue weighted by atomic mass is 10.1. The zero-order chi connectivity index (χ0) is 24.2. The topological polar surface area (TPSA) is 108 Å². The lowest BCUT2D eigenvalue weighted by Crippen LogP contribution is -2.31. The summed E-state index contributed by atoms with van der Waals surface area (Å²) in [4.78, 5) is 27.7. The van der Waals surface area contributed by atoms with Gasteiger partial charge in [0.1, 0.15) is 10.7 Å². The molecule has 1 aromatic heterocycles. The Morgan fingerprint density at radius 1 is 1.06 bits per heavy atom. The van der Waals surface area contributed by atoms with Crippen molar-refractivity contribution in [3.05, 3.63) is 59.2 Å². The van der Waals surface area contributed by atoms with Crippen LogP contribution in [0.2, 0.25) is 0 Å². The molecule has 2 aromatic carbocycles. The molecule has 0 atom stereocenters. The van der Waals surface area contributed by atoms with Crippen molar-refractivity contribution in [2.75, 3.05) is 23.7 Å². The van der Waals surface area contributed by atoms with Crippen LogP contribution < -0.4 is 10.6 Å². The minimum absolute atomic E-state index is 0.00135. The largest absolute Gasteiger partial charge is 0.326 e. The summed E-state index contributed by atoms with van der Waals surface area (Å²) in [6, 6.07) is 10.3. The van der Waals surface area contributed by atoms with E-state index in [2.05, 4.69) is 15.6 Å². The summed E-state index contributed by atoms with van der Waals surface area (Å²) in [6.07, 6.45) is 0. The smallest absolute Gasteiger partial charge is 0.257 e. The van der Waals surface area contributed by atoms with Crippen molar-refractivity contribution >= 4 is 44.0 Å². The van der Waals surface area contributed by atoms with E-state index in [1.165, 1.54) is 24.3 Å². The highest BCUT2D eigenvalue weighted by Crippen LogP contribution is 2.27. The summed E-state index contributed by atoms with van der Waals surface area (Å²) in [5.74, 6) is -1.69. The fourth-order valence-corrected chi connectivity index (χ4v) is 5.37. The summed E-state index contributed by atoms with van der Waals surface area (Å²) < 4.78 is 40.9. The van der Waals surface area contributed by atoms with E-state index >= 15 is 0 Å². The fourth-order valence-electron chi connectivity index (χ4n) is 3.11. The number of rotatable bonds is 8. The number of hydrogen-bond acceptors (Lipinski definition) is 6. The lowest BCUT2D eigenvalue weighted by Gasteiger charge is -2.19. The Hall–Kier alpha value is -3.15. The lowest BCUT2D eigenvalue weighted by molar-refractivity contribution is -0.114. The van der Waals surface area contributed by atoms with Crippen molar-refractivity contribution in [2.24, 2.45) is 0 Å². The molecule has 1 heterocycles. The van der Waals surface area contributed by atoms with Crippen LogP contribution in [0.3, 0.4) is 0 Å². The molecule has 0 unspecified atom stereocenters. The maximum absolute atomic E-state index is 14.3. The Morgan fingerprint density at radius 2 is 1.73 bits per heavy atom. The Kier molecular flexibility index (Phi) is 7.57. The highest BCUT2D eigenvalue weighted by molar-refractivity contribution is 7.89. The third-order valence-corrected chi connectivity index (χ3v) is 7.56. The van der Waals surface area contributed by atoms with Crippen LogP contribution in [-0.4, -0.2) is 42.6 Å². The zero-order valence-corrected chi connectivity index (χ0v) is 19.9. The van der Waals surface area contributed by atoms with Gasteiger partial charge in [-0.15, -0.1) is 11.3 Å². The molecule has 0 fully saturated rings. The molecule has 0 saturated heterocycles. The van der Waals surface area contributed by atoms with E-state index in [1.54, 1.807) is 43.5 Å². The molecule has 174 valence electrons. The number of thiazole rings is 1. The van der Waals surface area contributed by atoms with Gasteiger partial charge in [-0.3, -0.25) is 14.9 Å². The van der Waals surface area contributed by atoms with Crippen molar-refractivity contribution in [3.8, 4) is 11.3 Å².